The minimum absolute atomic E-state index is 0.00527. The first-order valence-electron chi connectivity index (χ1n) is 7.43. The highest BCUT2D eigenvalue weighted by Crippen LogP contribution is 2.78. The fraction of sp³-hybridized carbons (Fsp3) is 0.933. The van der Waals surface area contributed by atoms with E-state index >= 15 is 0 Å². The van der Waals surface area contributed by atoms with Gasteiger partial charge in [-0.15, -0.1) is 23.5 Å². The Bertz CT molecular complexity index is 469. The Morgan fingerprint density at radius 3 is 2.33 bits per heavy atom. The number of carbonyl (C=O) groups is 1. The molecule has 3 aliphatic rings. The van der Waals surface area contributed by atoms with Gasteiger partial charge in [0.1, 0.15) is 10.2 Å². The minimum Gasteiger partial charge on any atom is -0.455 e. The van der Waals surface area contributed by atoms with E-state index in [2.05, 4.69) is 20.8 Å². The number of hydrogen-bond acceptors (Lipinski definition) is 4. The molecule has 2 nitrogen and oxygen atoms in total. The molecule has 0 aromatic carbocycles. The fourth-order valence-corrected chi connectivity index (χ4v) is 8.79. The van der Waals surface area contributed by atoms with Gasteiger partial charge in [-0.3, -0.25) is 0 Å². The summed E-state index contributed by atoms with van der Waals surface area (Å²) in [5.41, 5.74) is 0.0236. The molecule has 0 radical (unpaired) electrons. The highest BCUT2D eigenvalue weighted by atomic mass is 32.2. The second-order valence-corrected chi connectivity index (χ2v) is 10.2. The van der Waals surface area contributed by atoms with Crippen molar-refractivity contribution in [3.05, 3.63) is 0 Å². The van der Waals surface area contributed by atoms with Crippen LogP contribution in [0.15, 0.2) is 0 Å². The summed E-state index contributed by atoms with van der Waals surface area (Å²) in [6, 6.07) is 0. The van der Waals surface area contributed by atoms with Crippen molar-refractivity contribution in [2.75, 3.05) is 11.5 Å². The first-order valence-corrected chi connectivity index (χ1v) is 9.40. The van der Waals surface area contributed by atoms with Gasteiger partial charge in [0.25, 0.3) is 0 Å². The summed E-state index contributed by atoms with van der Waals surface area (Å²) in [5.74, 6) is -2.61. The lowest BCUT2D eigenvalue weighted by molar-refractivity contribution is -0.178. The molecule has 1 aliphatic heterocycles. The monoisotopic (exact) mass is 336 g/mol. The molecular weight excluding hydrogens is 314 g/mol. The van der Waals surface area contributed by atoms with Crippen LogP contribution in [0.1, 0.15) is 40.5 Å². The molecule has 0 N–H and O–H groups in total. The van der Waals surface area contributed by atoms with Crippen molar-refractivity contribution in [2.45, 2.75) is 56.6 Å². The van der Waals surface area contributed by atoms with Gasteiger partial charge in [0.2, 0.25) is 0 Å². The number of ether oxygens (including phenoxy) is 1. The second kappa shape index (κ2) is 4.53. The molecule has 3 rings (SSSR count). The third-order valence-electron chi connectivity index (χ3n) is 6.12. The maximum absolute atomic E-state index is 13.3. The third-order valence-corrected chi connectivity index (χ3v) is 10.1. The molecule has 120 valence electrons. The number of rotatable bonds is 2. The number of alkyl halides is 2. The number of halogens is 2. The SMILES string of the molecule is CC(F)(F)C(=O)OC1C2CCC(C)(C2(C)C)C12SCCS2. The van der Waals surface area contributed by atoms with Crippen molar-refractivity contribution in [1.82, 2.24) is 0 Å². The molecule has 6 heteroatoms. The van der Waals surface area contributed by atoms with Crippen LogP contribution < -0.4 is 0 Å². The number of esters is 1. The summed E-state index contributed by atoms with van der Waals surface area (Å²) in [6.07, 6.45) is 1.64. The Kier molecular flexibility index (Phi) is 3.43. The van der Waals surface area contributed by atoms with Gasteiger partial charge < -0.3 is 4.74 Å². The van der Waals surface area contributed by atoms with Crippen molar-refractivity contribution in [1.29, 1.82) is 0 Å². The van der Waals surface area contributed by atoms with Crippen LogP contribution in [0.4, 0.5) is 8.78 Å². The molecule has 2 aliphatic carbocycles. The van der Waals surface area contributed by atoms with E-state index < -0.39 is 18.0 Å². The molecule has 0 aromatic rings. The number of carbonyl (C=O) groups excluding carboxylic acids is 1. The van der Waals surface area contributed by atoms with Crippen molar-refractivity contribution in [3.8, 4) is 0 Å². The molecule has 3 atom stereocenters. The van der Waals surface area contributed by atoms with Gasteiger partial charge in [-0.25, -0.2) is 4.79 Å². The molecule has 0 aromatic heterocycles. The third kappa shape index (κ3) is 1.87. The van der Waals surface area contributed by atoms with E-state index in [1.165, 1.54) is 0 Å². The normalized spacial score (nSPS) is 39.9. The van der Waals surface area contributed by atoms with E-state index in [9.17, 15) is 13.6 Å². The molecule has 0 amide bonds. The van der Waals surface area contributed by atoms with E-state index in [4.69, 9.17) is 4.74 Å². The van der Waals surface area contributed by atoms with Gasteiger partial charge >= 0.3 is 11.9 Å². The van der Waals surface area contributed by atoms with Crippen LogP contribution in [0.2, 0.25) is 0 Å². The highest BCUT2D eigenvalue weighted by Gasteiger charge is 2.76. The smallest absolute Gasteiger partial charge is 0.377 e. The Balaban J connectivity index is 1.98. The van der Waals surface area contributed by atoms with Crippen molar-refractivity contribution in [2.24, 2.45) is 16.7 Å². The average molecular weight is 336 g/mol. The van der Waals surface area contributed by atoms with Gasteiger partial charge in [0.15, 0.2) is 0 Å². The van der Waals surface area contributed by atoms with Crippen molar-refractivity contribution in [3.63, 3.8) is 0 Å². The van der Waals surface area contributed by atoms with E-state index in [1.807, 2.05) is 23.5 Å². The van der Waals surface area contributed by atoms with Gasteiger partial charge in [0.05, 0.1) is 0 Å². The van der Waals surface area contributed by atoms with Crippen LogP contribution in [0.5, 0.6) is 0 Å². The fourth-order valence-electron chi connectivity index (χ4n) is 4.56. The average Bonchev–Trinajstić information content (AvgIpc) is 2.95. The van der Waals surface area contributed by atoms with E-state index in [-0.39, 0.29) is 20.8 Å². The summed E-state index contributed by atoms with van der Waals surface area (Å²) >= 11 is 3.64. The zero-order valence-corrected chi connectivity index (χ0v) is 14.5. The van der Waals surface area contributed by atoms with Crippen molar-refractivity contribution < 1.29 is 18.3 Å². The van der Waals surface area contributed by atoms with Crippen LogP contribution in [0.25, 0.3) is 0 Å². The summed E-state index contributed by atoms with van der Waals surface area (Å²) in [7, 11) is 0. The van der Waals surface area contributed by atoms with Crippen LogP contribution in [0.3, 0.4) is 0 Å². The van der Waals surface area contributed by atoms with E-state index in [0.717, 1.165) is 24.3 Å². The first-order chi connectivity index (χ1) is 9.56. The summed E-state index contributed by atoms with van der Waals surface area (Å²) in [5, 5.41) is 0. The maximum atomic E-state index is 13.3. The molecule has 2 saturated carbocycles. The summed E-state index contributed by atoms with van der Waals surface area (Å²) in [4.78, 5) is 11.8. The van der Waals surface area contributed by atoms with Crippen LogP contribution in [-0.4, -0.2) is 33.6 Å². The second-order valence-electron chi connectivity index (χ2n) is 7.28. The maximum Gasteiger partial charge on any atom is 0.377 e. The minimum atomic E-state index is -3.41. The predicted molar refractivity (Wildman–Crippen MR) is 82.8 cm³/mol. The molecule has 1 spiro atoms. The van der Waals surface area contributed by atoms with Crippen LogP contribution in [0, 0.1) is 16.7 Å². The van der Waals surface area contributed by atoms with Gasteiger partial charge in [0, 0.05) is 29.8 Å². The Hall–Kier alpha value is 0.0300. The molecule has 1 saturated heterocycles. The predicted octanol–water partition coefficient (Wildman–Crippen LogP) is 4.19. The number of hydrogen-bond donors (Lipinski definition) is 0. The topological polar surface area (TPSA) is 26.3 Å². The Morgan fingerprint density at radius 1 is 1.24 bits per heavy atom. The van der Waals surface area contributed by atoms with Gasteiger partial charge in [-0.2, -0.15) is 8.78 Å². The lowest BCUT2D eigenvalue weighted by Gasteiger charge is -2.47. The number of fused-ring (bicyclic) bond motifs is 3. The first kappa shape index (κ1) is 15.9. The lowest BCUT2D eigenvalue weighted by atomic mass is 9.70. The largest absolute Gasteiger partial charge is 0.455 e. The van der Waals surface area contributed by atoms with Crippen LogP contribution >= 0.6 is 23.5 Å². The van der Waals surface area contributed by atoms with Gasteiger partial charge in [-0.1, -0.05) is 20.8 Å². The highest BCUT2D eigenvalue weighted by molar-refractivity contribution is 8.21. The van der Waals surface area contributed by atoms with Crippen LogP contribution in [-0.2, 0) is 9.53 Å². The molecular formula is C15H22F2O2S2. The number of thioether (sulfide) groups is 2. The molecule has 2 bridgehead atoms. The van der Waals surface area contributed by atoms with E-state index in [1.54, 1.807) is 0 Å². The molecule has 1 heterocycles. The standard InChI is InChI=1S/C15H22F2O2S2/c1-12(2)9-5-6-13(12,3)15(20-7-8-21-15)10(9)19-11(18)14(4,16)17/h9-10H,5-8H2,1-4H3. The Morgan fingerprint density at radius 2 is 1.81 bits per heavy atom. The zero-order chi connectivity index (χ0) is 15.7. The summed E-state index contributed by atoms with van der Waals surface area (Å²) < 4.78 is 31.7. The molecule has 3 unspecified atom stereocenters. The molecule has 21 heavy (non-hydrogen) atoms. The quantitative estimate of drug-likeness (QED) is 0.707. The summed E-state index contributed by atoms with van der Waals surface area (Å²) in [6.45, 7) is 7.31. The van der Waals surface area contributed by atoms with Gasteiger partial charge in [-0.05, 0) is 18.3 Å². The molecule has 3 fully saturated rings. The lowest BCUT2D eigenvalue weighted by Crippen LogP contribution is -2.49. The van der Waals surface area contributed by atoms with Crippen molar-refractivity contribution >= 4 is 29.5 Å². The zero-order valence-electron chi connectivity index (χ0n) is 12.9. The Labute approximate surface area is 133 Å². The van der Waals surface area contributed by atoms with E-state index in [0.29, 0.717) is 6.92 Å².